The topological polar surface area (TPSA) is 65.7 Å². The molecule has 0 unspecified atom stereocenters. The molecule has 0 aliphatic rings. The summed E-state index contributed by atoms with van der Waals surface area (Å²) in [6.07, 6.45) is 1.75. The van der Waals surface area contributed by atoms with E-state index in [9.17, 15) is 9.18 Å². The third kappa shape index (κ3) is 3.15. The Kier molecular flexibility index (Phi) is 4.33. The van der Waals surface area contributed by atoms with Crippen molar-refractivity contribution in [1.29, 1.82) is 0 Å². The van der Waals surface area contributed by atoms with Crippen molar-refractivity contribution in [3.05, 3.63) is 68.7 Å². The summed E-state index contributed by atoms with van der Waals surface area (Å²) in [4.78, 5) is 17.5. The summed E-state index contributed by atoms with van der Waals surface area (Å²) in [7, 11) is 3.12. The van der Waals surface area contributed by atoms with Crippen molar-refractivity contribution in [3.8, 4) is 22.9 Å². The van der Waals surface area contributed by atoms with Gasteiger partial charge in [0.2, 0.25) is 4.96 Å². The Labute approximate surface area is 157 Å². The van der Waals surface area contributed by atoms with E-state index in [0.717, 1.165) is 5.56 Å². The molecule has 0 radical (unpaired) electrons. The zero-order valence-electron chi connectivity index (χ0n) is 14.5. The van der Waals surface area contributed by atoms with Crippen LogP contribution in [0.1, 0.15) is 5.56 Å². The molecule has 136 valence electrons. The van der Waals surface area contributed by atoms with Crippen molar-refractivity contribution in [3.63, 3.8) is 0 Å². The summed E-state index contributed by atoms with van der Waals surface area (Å²) in [6.45, 7) is 0. The molecule has 2 heterocycles. The van der Waals surface area contributed by atoms with E-state index in [1.54, 1.807) is 44.6 Å². The number of halogens is 1. The fourth-order valence-electron chi connectivity index (χ4n) is 2.65. The van der Waals surface area contributed by atoms with E-state index in [-0.39, 0.29) is 11.4 Å². The van der Waals surface area contributed by atoms with E-state index in [2.05, 4.69) is 10.1 Å². The molecule has 4 rings (SSSR count). The Morgan fingerprint density at radius 2 is 1.81 bits per heavy atom. The first-order chi connectivity index (χ1) is 13.1. The molecular weight excluding hydrogens is 369 g/mol. The lowest BCUT2D eigenvalue weighted by atomic mass is 10.2. The summed E-state index contributed by atoms with van der Waals surface area (Å²) in [5.74, 6) is 1.24. The van der Waals surface area contributed by atoms with Gasteiger partial charge in [0.25, 0.3) is 5.56 Å². The van der Waals surface area contributed by atoms with Crippen LogP contribution < -0.4 is 19.6 Å². The Morgan fingerprint density at radius 3 is 2.48 bits per heavy atom. The van der Waals surface area contributed by atoms with Crippen LogP contribution in [0.4, 0.5) is 4.39 Å². The average Bonchev–Trinajstić information content (AvgIpc) is 3.22. The van der Waals surface area contributed by atoms with E-state index in [1.807, 2.05) is 6.07 Å². The minimum Gasteiger partial charge on any atom is -0.493 e. The Bertz CT molecular complexity index is 1230. The third-order valence-electron chi connectivity index (χ3n) is 3.99. The number of nitrogens with zero attached hydrogens (tertiary/aromatic N) is 3. The van der Waals surface area contributed by atoms with Crippen molar-refractivity contribution in [1.82, 2.24) is 14.6 Å². The van der Waals surface area contributed by atoms with Gasteiger partial charge in [-0.2, -0.15) is 9.50 Å². The SMILES string of the molecule is COc1ccc(C=c2sc3nc(-c4ccc(F)cc4)nn3c2=O)cc1OC. The summed E-state index contributed by atoms with van der Waals surface area (Å²) < 4.78 is 25.3. The van der Waals surface area contributed by atoms with Crippen LogP contribution in [0.15, 0.2) is 47.3 Å². The molecule has 2 aromatic carbocycles. The molecule has 0 aliphatic heterocycles. The highest BCUT2D eigenvalue weighted by atomic mass is 32.1. The highest BCUT2D eigenvalue weighted by Crippen LogP contribution is 2.27. The van der Waals surface area contributed by atoms with Gasteiger partial charge in [0.05, 0.1) is 18.8 Å². The second-order valence-corrected chi connectivity index (χ2v) is 6.68. The minimum absolute atomic E-state index is 0.259. The third-order valence-corrected chi connectivity index (χ3v) is 4.95. The van der Waals surface area contributed by atoms with Crippen LogP contribution in [-0.2, 0) is 0 Å². The van der Waals surface area contributed by atoms with Gasteiger partial charge in [-0.15, -0.1) is 5.10 Å². The van der Waals surface area contributed by atoms with Crippen molar-refractivity contribution in [2.75, 3.05) is 14.2 Å². The maximum Gasteiger partial charge on any atom is 0.291 e. The molecule has 6 nitrogen and oxygen atoms in total. The van der Waals surface area contributed by atoms with Crippen molar-refractivity contribution in [2.45, 2.75) is 0 Å². The minimum atomic E-state index is -0.337. The maximum absolute atomic E-state index is 13.1. The lowest BCUT2D eigenvalue weighted by Gasteiger charge is -2.07. The molecule has 0 N–H and O–H groups in total. The van der Waals surface area contributed by atoms with Crippen molar-refractivity contribution < 1.29 is 13.9 Å². The average molecular weight is 383 g/mol. The molecule has 0 saturated carbocycles. The largest absolute Gasteiger partial charge is 0.493 e. The fraction of sp³-hybridized carbons (Fsp3) is 0.105. The Morgan fingerprint density at radius 1 is 1.07 bits per heavy atom. The lowest BCUT2D eigenvalue weighted by molar-refractivity contribution is 0.355. The second-order valence-electron chi connectivity index (χ2n) is 5.67. The van der Waals surface area contributed by atoms with E-state index in [0.29, 0.717) is 32.4 Å². The highest BCUT2D eigenvalue weighted by molar-refractivity contribution is 7.15. The van der Waals surface area contributed by atoms with Gasteiger partial charge >= 0.3 is 0 Å². The Balaban J connectivity index is 1.76. The van der Waals surface area contributed by atoms with Gasteiger partial charge in [0.15, 0.2) is 17.3 Å². The van der Waals surface area contributed by atoms with Crippen molar-refractivity contribution in [2.24, 2.45) is 0 Å². The molecule has 0 amide bonds. The first-order valence-corrected chi connectivity index (χ1v) is 8.80. The molecule has 0 fully saturated rings. The van der Waals surface area contributed by atoms with Gasteiger partial charge in [0.1, 0.15) is 5.82 Å². The Hall–Kier alpha value is -3.26. The lowest BCUT2D eigenvalue weighted by Crippen LogP contribution is -2.23. The molecule has 8 heteroatoms. The summed E-state index contributed by atoms with van der Waals surface area (Å²) in [6, 6.07) is 11.2. The predicted molar refractivity (Wildman–Crippen MR) is 101 cm³/mol. The molecular formula is C19H14FN3O3S. The van der Waals surface area contributed by atoms with Crippen LogP contribution in [-0.4, -0.2) is 28.8 Å². The van der Waals surface area contributed by atoms with Gasteiger partial charge in [-0.05, 0) is 48.0 Å². The van der Waals surface area contributed by atoms with Crippen LogP contribution in [0.3, 0.4) is 0 Å². The van der Waals surface area contributed by atoms with Crippen LogP contribution >= 0.6 is 11.3 Å². The molecule has 0 spiro atoms. The van der Waals surface area contributed by atoms with Crippen molar-refractivity contribution >= 4 is 22.4 Å². The first kappa shape index (κ1) is 17.2. The number of thiazole rings is 1. The smallest absolute Gasteiger partial charge is 0.291 e. The van der Waals surface area contributed by atoms with E-state index >= 15 is 0 Å². The molecule has 4 aromatic rings. The number of benzene rings is 2. The zero-order valence-corrected chi connectivity index (χ0v) is 15.3. The summed E-state index contributed by atoms with van der Waals surface area (Å²) in [5, 5.41) is 4.25. The monoisotopic (exact) mass is 383 g/mol. The van der Waals surface area contributed by atoms with Gasteiger partial charge in [0, 0.05) is 5.56 Å². The number of hydrogen-bond donors (Lipinski definition) is 0. The molecule has 2 aromatic heterocycles. The molecule has 0 aliphatic carbocycles. The van der Waals surface area contributed by atoms with Crippen LogP contribution in [0.5, 0.6) is 11.5 Å². The summed E-state index contributed by atoms with van der Waals surface area (Å²) >= 11 is 1.24. The molecule has 27 heavy (non-hydrogen) atoms. The number of aromatic nitrogens is 3. The van der Waals surface area contributed by atoms with Gasteiger partial charge in [-0.25, -0.2) is 4.39 Å². The number of hydrogen-bond acceptors (Lipinski definition) is 6. The van der Waals surface area contributed by atoms with E-state index < -0.39 is 0 Å². The summed E-state index contributed by atoms with van der Waals surface area (Å²) in [5.41, 5.74) is 1.19. The number of fused-ring (bicyclic) bond motifs is 1. The van der Waals surface area contributed by atoms with Gasteiger partial charge < -0.3 is 9.47 Å². The standard InChI is InChI=1S/C19H14FN3O3S/c1-25-14-8-3-11(9-15(14)26-2)10-16-18(24)23-19(27-16)21-17(22-23)12-4-6-13(20)7-5-12/h3-10H,1-2H3. The zero-order chi connectivity index (χ0) is 19.0. The van der Waals surface area contributed by atoms with Gasteiger partial charge in [-0.1, -0.05) is 17.4 Å². The molecule has 0 atom stereocenters. The van der Waals surface area contributed by atoms with E-state index in [1.165, 1.54) is 28.0 Å². The predicted octanol–water partition coefficient (Wildman–Crippen LogP) is 2.52. The van der Waals surface area contributed by atoms with Crippen LogP contribution in [0, 0.1) is 5.82 Å². The van der Waals surface area contributed by atoms with Crippen LogP contribution in [0.2, 0.25) is 0 Å². The van der Waals surface area contributed by atoms with Gasteiger partial charge in [-0.3, -0.25) is 4.79 Å². The fourth-order valence-corrected chi connectivity index (χ4v) is 3.56. The molecule has 0 saturated heterocycles. The molecule has 0 bridgehead atoms. The number of methoxy groups -OCH3 is 2. The maximum atomic E-state index is 13.1. The number of ether oxygens (including phenoxy) is 2. The second kappa shape index (κ2) is 6.81. The normalized spacial score (nSPS) is 11.9. The number of rotatable bonds is 4. The highest BCUT2D eigenvalue weighted by Gasteiger charge is 2.12. The first-order valence-electron chi connectivity index (χ1n) is 7.98. The van der Waals surface area contributed by atoms with Crippen LogP contribution in [0.25, 0.3) is 22.4 Å². The quantitative estimate of drug-likeness (QED) is 0.542. The van der Waals surface area contributed by atoms with E-state index in [4.69, 9.17) is 9.47 Å².